The van der Waals surface area contributed by atoms with Crippen molar-refractivity contribution >= 4 is 17.3 Å². The fourth-order valence-corrected chi connectivity index (χ4v) is 3.47. The molecule has 1 aliphatic heterocycles. The summed E-state index contributed by atoms with van der Waals surface area (Å²) in [6.07, 6.45) is 4.87. The van der Waals surface area contributed by atoms with Gasteiger partial charge < -0.3 is 19.9 Å². The van der Waals surface area contributed by atoms with Gasteiger partial charge in [0.15, 0.2) is 5.11 Å². The standard InChI is InChI=1S/C18H27N3OS/c1-20-11-9-16(10-12-20)21(18(23)19-15-5-6-15)13-14-3-7-17(22-2)8-4-14/h3-4,7-8,15-16H,5-6,9-13H2,1-2H3,(H,19,23). The van der Waals surface area contributed by atoms with Crippen LogP contribution in [0.25, 0.3) is 0 Å². The number of nitrogens with one attached hydrogen (secondary N) is 1. The van der Waals surface area contributed by atoms with E-state index in [4.69, 9.17) is 17.0 Å². The summed E-state index contributed by atoms with van der Waals surface area (Å²) in [7, 11) is 3.90. The number of rotatable bonds is 5. The van der Waals surface area contributed by atoms with Crippen molar-refractivity contribution in [3.8, 4) is 5.75 Å². The van der Waals surface area contributed by atoms with Crippen LogP contribution < -0.4 is 10.1 Å². The first-order chi connectivity index (χ1) is 11.2. The van der Waals surface area contributed by atoms with Crippen molar-refractivity contribution in [1.82, 2.24) is 15.1 Å². The Morgan fingerprint density at radius 2 is 1.87 bits per heavy atom. The highest BCUT2D eigenvalue weighted by Crippen LogP contribution is 2.23. The van der Waals surface area contributed by atoms with Crippen molar-refractivity contribution in [3.63, 3.8) is 0 Å². The monoisotopic (exact) mass is 333 g/mol. The Morgan fingerprint density at radius 1 is 1.22 bits per heavy atom. The topological polar surface area (TPSA) is 27.7 Å². The van der Waals surface area contributed by atoms with Crippen molar-refractivity contribution in [1.29, 1.82) is 0 Å². The number of hydrogen-bond acceptors (Lipinski definition) is 3. The minimum Gasteiger partial charge on any atom is -0.497 e. The first kappa shape index (κ1) is 16.5. The molecule has 1 aromatic carbocycles. The first-order valence-electron chi connectivity index (χ1n) is 8.54. The van der Waals surface area contributed by atoms with Gasteiger partial charge in [-0.1, -0.05) is 12.1 Å². The van der Waals surface area contributed by atoms with Gasteiger partial charge >= 0.3 is 0 Å². The van der Waals surface area contributed by atoms with E-state index in [-0.39, 0.29) is 0 Å². The SMILES string of the molecule is COc1ccc(CN(C(=S)NC2CC2)C2CCN(C)CC2)cc1. The van der Waals surface area contributed by atoms with Crippen LogP contribution in [-0.2, 0) is 6.54 Å². The van der Waals surface area contributed by atoms with Gasteiger partial charge in [-0.25, -0.2) is 0 Å². The molecule has 126 valence electrons. The van der Waals surface area contributed by atoms with Gasteiger partial charge in [0.05, 0.1) is 7.11 Å². The number of hydrogen-bond donors (Lipinski definition) is 1. The average molecular weight is 334 g/mol. The normalized spacial score (nSPS) is 19.4. The fourth-order valence-electron chi connectivity index (χ4n) is 3.09. The lowest BCUT2D eigenvalue weighted by molar-refractivity contribution is 0.171. The van der Waals surface area contributed by atoms with E-state index in [0.29, 0.717) is 12.1 Å². The van der Waals surface area contributed by atoms with Crippen molar-refractivity contribution < 1.29 is 4.74 Å². The molecule has 0 unspecified atom stereocenters. The van der Waals surface area contributed by atoms with Gasteiger partial charge in [0.2, 0.25) is 0 Å². The van der Waals surface area contributed by atoms with E-state index in [1.54, 1.807) is 7.11 Å². The van der Waals surface area contributed by atoms with Crippen LogP contribution in [0, 0.1) is 0 Å². The highest BCUT2D eigenvalue weighted by molar-refractivity contribution is 7.80. The molecule has 2 aliphatic rings. The molecule has 0 atom stereocenters. The van der Waals surface area contributed by atoms with Crippen molar-refractivity contribution in [2.24, 2.45) is 0 Å². The number of ether oxygens (including phenoxy) is 1. The van der Waals surface area contributed by atoms with Crippen LogP contribution >= 0.6 is 12.2 Å². The minimum absolute atomic E-state index is 0.534. The van der Waals surface area contributed by atoms with E-state index >= 15 is 0 Å². The number of methoxy groups -OCH3 is 1. The molecule has 0 bridgehead atoms. The fraction of sp³-hybridized carbons (Fsp3) is 0.611. The maximum absolute atomic E-state index is 5.73. The van der Waals surface area contributed by atoms with Gasteiger partial charge in [0.25, 0.3) is 0 Å². The van der Waals surface area contributed by atoms with Crippen LogP contribution in [-0.4, -0.2) is 54.2 Å². The Bertz CT molecular complexity index is 522. The number of benzene rings is 1. The van der Waals surface area contributed by atoms with Gasteiger partial charge in [-0.2, -0.15) is 0 Å². The smallest absolute Gasteiger partial charge is 0.169 e. The molecular formula is C18H27N3OS. The summed E-state index contributed by atoms with van der Waals surface area (Å²) < 4.78 is 5.25. The average Bonchev–Trinajstić information content (AvgIpc) is 3.38. The largest absolute Gasteiger partial charge is 0.497 e. The van der Waals surface area contributed by atoms with E-state index in [0.717, 1.165) is 30.5 Å². The minimum atomic E-state index is 0.534. The molecule has 1 heterocycles. The molecule has 1 aliphatic carbocycles. The second-order valence-corrected chi connectivity index (χ2v) is 7.12. The number of piperidine rings is 1. The van der Waals surface area contributed by atoms with Gasteiger partial charge in [-0.15, -0.1) is 0 Å². The predicted molar refractivity (Wildman–Crippen MR) is 97.8 cm³/mol. The van der Waals surface area contributed by atoms with Crippen LogP contribution in [0.1, 0.15) is 31.2 Å². The van der Waals surface area contributed by atoms with Gasteiger partial charge in [-0.05, 0) is 75.7 Å². The molecule has 0 amide bonds. The molecule has 23 heavy (non-hydrogen) atoms. The predicted octanol–water partition coefficient (Wildman–Crippen LogP) is 2.63. The zero-order valence-corrected chi connectivity index (χ0v) is 14.9. The molecule has 1 saturated carbocycles. The zero-order chi connectivity index (χ0) is 16.2. The molecule has 0 spiro atoms. The molecular weight excluding hydrogens is 306 g/mol. The summed E-state index contributed by atoms with van der Waals surface area (Å²) in [5.74, 6) is 0.901. The third-order valence-electron chi connectivity index (χ3n) is 4.81. The molecule has 0 radical (unpaired) electrons. The lowest BCUT2D eigenvalue weighted by Crippen LogP contribution is -2.50. The van der Waals surface area contributed by atoms with Crippen LogP contribution in [0.2, 0.25) is 0 Å². The Labute approximate surface area is 144 Å². The van der Waals surface area contributed by atoms with E-state index in [1.807, 2.05) is 12.1 Å². The highest BCUT2D eigenvalue weighted by atomic mass is 32.1. The van der Waals surface area contributed by atoms with E-state index in [9.17, 15) is 0 Å². The Balaban J connectivity index is 1.69. The lowest BCUT2D eigenvalue weighted by atomic mass is 10.0. The summed E-state index contributed by atoms with van der Waals surface area (Å²) in [6.45, 7) is 3.17. The van der Waals surface area contributed by atoms with Crippen LogP contribution in [0.3, 0.4) is 0 Å². The highest BCUT2D eigenvalue weighted by Gasteiger charge is 2.29. The van der Waals surface area contributed by atoms with Crippen molar-refractivity contribution in [2.45, 2.75) is 44.3 Å². The third-order valence-corrected chi connectivity index (χ3v) is 5.16. The maximum Gasteiger partial charge on any atom is 0.169 e. The second-order valence-electron chi connectivity index (χ2n) is 6.73. The molecule has 1 saturated heterocycles. The quantitative estimate of drug-likeness (QED) is 0.836. The van der Waals surface area contributed by atoms with Gasteiger partial charge in [0.1, 0.15) is 5.75 Å². The molecule has 3 rings (SSSR count). The lowest BCUT2D eigenvalue weighted by Gasteiger charge is -2.39. The van der Waals surface area contributed by atoms with E-state index in [2.05, 4.69) is 34.3 Å². The molecule has 4 nitrogen and oxygen atoms in total. The molecule has 1 aromatic rings. The zero-order valence-electron chi connectivity index (χ0n) is 14.1. The Morgan fingerprint density at radius 3 is 2.43 bits per heavy atom. The molecule has 0 aromatic heterocycles. The number of likely N-dealkylation sites (tertiary alicyclic amines) is 1. The van der Waals surface area contributed by atoms with E-state index in [1.165, 1.54) is 31.2 Å². The van der Waals surface area contributed by atoms with Crippen molar-refractivity contribution in [2.75, 3.05) is 27.2 Å². The summed E-state index contributed by atoms with van der Waals surface area (Å²) in [6, 6.07) is 9.47. The molecule has 5 heteroatoms. The Hall–Kier alpha value is -1.33. The summed E-state index contributed by atoms with van der Waals surface area (Å²) >= 11 is 5.73. The van der Waals surface area contributed by atoms with Gasteiger partial charge in [0, 0.05) is 18.6 Å². The molecule has 1 N–H and O–H groups in total. The summed E-state index contributed by atoms with van der Waals surface area (Å²) in [5, 5.41) is 4.45. The van der Waals surface area contributed by atoms with Crippen LogP contribution in [0.15, 0.2) is 24.3 Å². The van der Waals surface area contributed by atoms with Crippen molar-refractivity contribution in [3.05, 3.63) is 29.8 Å². The maximum atomic E-state index is 5.73. The summed E-state index contributed by atoms with van der Waals surface area (Å²) in [5.41, 5.74) is 1.28. The second kappa shape index (κ2) is 7.49. The Kier molecular flexibility index (Phi) is 5.38. The third kappa shape index (κ3) is 4.58. The van der Waals surface area contributed by atoms with E-state index < -0.39 is 0 Å². The number of thiocarbonyl (C=S) groups is 1. The summed E-state index contributed by atoms with van der Waals surface area (Å²) in [4.78, 5) is 4.81. The van der Waals surface area contributed by atoms with Crippen LogP contribution in [0.4, 0.5) is 0 Å². The van der Waals surface area contributed by atoms with Gasteiger partial charge in [-0.3, -0.25) is 0 Å². The number of nitrogens with zero attached hydrogens (tertiary/aromatic N) is 2. The molecule has 2 fully saturated rings. The van der Waals surface area contributed by atoms with Crippen LogP contribution in [0.5, 0.6) is 5.75 Å². The first-order valence-corrected chi connectivity index (χ1v) is 8.95.